The third-order valence-corrected chi connectivity index (χ3v) is 3.05. The molecule has 21 heavy (non-hydrogen) atoms. The Morgan fingerprint density at radius 1 is 1.19 bits per heavy atom. The summed E-state index contributed by atoms with van der Waals surface area (Å²) in [5.41, 5.74) is 4.21. The third kappa shape index (κ3) is 4.02. The lowest BCUT2D eigenvalue weighted by Gasteiger charge is -2.12. The SMILES string of the molecule is CCNc1cc(C)ccc1C(=O)NCc1cnc(C)cn1. The van der Waals surface area contributed by atoms with E-state index in [1.165, 1.54) is 0 Å². The van der Waals surface area contributed by atoms with Crippen molar-refractivity contribution in [1.82, 2.24) is 15.3 Å². The van der Waals surface area contributed by atoms with Crippen molar-refractivity contribution in [3.05, 3.63) is 53.1 Å². The van der Waals surface area contributed by atoms with Gasteiger partial charge in [-0.1, -0.05) is 6.07 Å². The van der Waals surface area contributed by atoms with Crippen LogP contribution >= 0.6 is 0 Å². The minimum absolute atomic E-state index is 0.117. The van der Waals surface area contributed by atoms with Crippen molar-refractivity contribution in [1.29, 1.82) is 0 Å². The number of amides is 1. The van der Waals surface area contributed by atoms with Crippen molar-refractivity contribution in [2.75, 3.05) is 11.9 Å². The highest BCUT2D eigenvalue weighted by Gasteiger charge is 2.11. The second-order valence-electron chi connectivity index (χ2n) is 4.91. The lowest BCUT2D eigenvalue weighted by Crippen LogP contribution is -2.24. The number of benzene rings is 1. The monoisotopic (exact) mass is 284 g/mol. The van der Waals surface area contributed by atoms with Crippen molar-refractivity contribution in [3.63, 3.8) is 0 Å². The van der Waals surface area contributed by atoms with Crippen molar-refractivity contribution < 1.29 is 4.79 Å². The number of aryl methyl sites for hydroxylation is 2. The molecule has 0 saturated heterocycles. The lowest BCUT2D eigenvalue weighted by atomic mass is 10.1. The number of carbonyl (C=O) groups excluding carboxylic acids is 1. The van der Waals surface area contributed by atoms with Crippen LogP contribution in [-0.4, -0.2) is 22.4 Å². The molecule has 0 fully saturated rings. The van der Waals surface area contributed by atoms with Crippen LogP contribution in [0.1, 0.15) is 34.2 Å². The highest BCUT2D eigenvalue weighted by atomic mass is 16.1. The van der Waals surface area contributed by atoms with Gasteiger partial charge in [0.05, 0.1) is 29.7 Å². The number of anilines is 1. The first-order valence-corrected chi connectivity index (χ1v) is 7.00. The molecule has 2 aromatic rings. The molecule has 5 nitrogen and oxygen atoms in total. The van der Waals surface area contributed by atoms with Gasteiger partial charge in [-0.15, -0.1) is 0 Å². The smallest absolute Gasteiger partial charge is 0.253 e. The molecule has 2 rings (SSSR count). The molecule has 0 unspecified atom stereocenters. The molecule has 1 aromatic carbocycles. The second-order valence-corrected chi connectivity index (χ2v) is 4.91. The van der Waals surface area contributed by atoms with Gasteiger partial charge >= 0.3 is 0 Å². The lowest BCUT2D eigenvalue weighted by molar-refractivity contribution is 0.0951. The number of nitrogens with zero attached hydrogens (tertiary/aromatic N) is 2. The maximum absolute atomic E-state index is 12.3. The van der Waals surface area contributed by atoms with Crippen molar-refractivity contribution in [3.8, 4) is 0 Å². The van der Waals surface area contributed by atoms with Gasteiger partial charge in [0, 0.05) is 18.4 Å². The molecule has 1 heterocycles. The number of aromatic nitrogens is 2. The summed E-state index contributed by atoms with van der Waals surface area (Å²) < 4.78 is 0. The van der Waals surface area contributed by atoms with E-state index in [0.717, 1.165) is 29.2 Å². The Morgan fingerprint density at radius 3 is 2.67 bits per heavy atom. The van der Waals surface area contributed by atoms with Crippen LogP contribution in [0.5, 0.6) is 0 Å². The van der Waals surface area contributed by atoms with Gasteiger partial charge in [-0.05, 0) is 38.5 Å². The molecule has 0 aliphatic rings. The van der Waals surface area contributed by atoms with Crippen molar-refractivity contribution >= 4 is 11.6 Å². The Hall–Kier alpha value is -2.43. The van der Waals surface area contributed by atoms with Crippen molar-refractivity contribution in [2.45, 2.75) is 27.3 Å². The number of hydrogen-bond donors (Lipinski definition) is 2. The Morgan fingerprint density at radius 2 is 2.00 bits per heavy atom. The average molecular weight is 284 g/mol. The standard InChI is InChI=1S/C16H20N4O/c1-4-17-15-7-11(2)5-6-14(15)16(21)20-10-13-9-18-12(3)8-19-13/h5-9,17H,4,10H2,1-3H3,(H,20,21). The summed E-state index contributed by atoms with van der Waals surface area (Å²) in [5.74, 6) is -0.117. The zero-order chi connectivity index (χ0) is 15.2. The van der Waals surface area contributed by atoms with E-state index >= 15 is 0 Å². The summed E-state index contributed by atoms with van der Waals surface area (Å²) in [6.07, 6.45) is 3.37. The summed E-state index contributed by atoms with van der Waals surface area (Å²) in [7, 11) is 0. The normalized spacial score (nSPS) is 10.2. The molecule has 0 saturated carbocycles. The first kappa shape index (κ1) is 15.0. The minimum Gasteiger partial charge on any atom is -0.385 e. The number of nitrogens with one attached hydrogen (secondary N) is 2. The Labute approximate surface area is 124 Å². The molecular weight excluding hydrogens is 264 g/mol. The van der Waals surface area contributed by atoms with E-state index < -0.39 is 0 Å². The Balaban J connectivity index is 2.07. The molecule has 0 radical (unpaired) electrons. The Bertz CT molecular complexity index is 623. The summed E-state index contributed by atoms with van der Waals surface area (Å²) in [6.45, 7) is 7.03. The number of hydrogen-bond acceptors (Lipinski definition) is 4. The van der Waals surface area contributed by atoms with Gasteiger partial charge in [0.15, 0.2) is 0 Å². The van der Waals surface area contributed by atoms with Crippen molar-refractivity contribution in [2.24, 2.45) is 0 Å². The van der Waals surface area contributed by atoms with Crippen LogP contribution in [0.2, 0.25) is 0 Å². The average Bonchev–Trinajstić information content (AvgIpc) is 2.47. The highest BCUT2D eigenvalue weighted by molar-refractivity contribution is 5.99. The molecule has 0 spiro atoms. The highest BCUT2D eigenvalue weighted by Crippen LogP contribution is 2.17. The molecule has 0 aliphatic heterocycles. The fourth-order valence-corrected chi connectivity index (χ4v) is 1.97. The largest absolute Gasteiger partial charge is 0.385 e. The molecule has 1 aromatic heterocycles. The van der Waals surface area contributed by atoms with Gasteiger partial charge in [0.2, 0.25) is 0 Å². The van der Waals surface area contributed by atoms with Crippen LogP contribution in [-0.2, 0) is 6.54 Å². The molecule has 1 amide bonds. The van der Waals surface area contributed by atoms with Gasteiger partial charge in [0.25, 0.3) is 5.91 Å². The second kappa shape index (κ2) is 6.83. The molecule has 2 N–H and O–H groups in total. The van der Waals surface area contributed by atoms with Gasteiger partial charge < -0.3 is 10.6 Å². The predicted octanol–water partition coefficient (Wildman–Crippen LogP) is 2.46. The van der Waals surface area contributed by atoms with Crippen LogP contribution in [0, 0.1) is 13.8 Å². The van der Waals surface area contributed by atoms with Crippen LogP contribution in [0.15, 0.2) is 30.6 Å². The quantitative estimate of drug-likeness (QED) is 0.885. The van der Waals surface area contributed by atoms with Crippen LogP contribution < -0.4 is 10.6 Å². The Kier molecular flexibility index (Phi) is 4.87. The van der Waals surface area contributed by atoms with Crippen LogP contribution in [0.3, 0.4) is 0 Å². The summed E-state index contributed by atoms with van der Waals surface area (Å²) >= 11 is 0. The van der Waals surface area contributed by atoms with E-state index in [2.05, 4.69) is 20.6 Å². The first-order chi connectivity index (χ1) is 10.1. The van der Waals surface area contributed by atoms with E-state index in [1.54, 1.807) is 12.4 Å². The molecule has 0 bridgehead atoms. The number of carbonyl (C=O) groups is 1. The summed E-state index contributed by atoms with van der Waals surface area (Å²) in [6, 6.07) is 5.75. The maximum Gasteiger partial charge on any atom is 0.253 e. The van der Waals surface area contributed by atoms with Gasteiger partial charge in [-0.25, -0.2) is 0 Å². The number of rotatable bonds is 5. The maximum atomic E-state index is 12.3. The first-order valence-electron chi connectivity index (χ1n) is 7.00. The van der Waals surface area contributed by atoms with E-state index in [9.17, 15) is 4.79 Å². The van der Waals surface area contributed by atoms with E-state index in [1.807, 2.05) is 39.0 Å². The summed E-state index contributed by atoms with van der Waals surface area (Å²) in [5, 5.41) is 6.09. The topological polar surface area (TPSA) is 66.9 Å². The van der Waals surface area contributed by atoms with Gasteiger partial charge in [0.1, 0.15) is 0 Å². The zero-order valence-corrected chi connectivity index (χ0v) is 12.6. The van der Waals surface area contributed by atoms with Crippen LogP contribution in [0.4, 0.5) is 5.69 Å². The van der Waals surface area contributed by atoms with E-state index in [4.69, 9.17) is 0 Å². The molecule has 5 heteroatoms. The van der Waals surface area contributed by atoms with E-state index in [0.29, 0.717) is 12.1 Å². The van der Waals surface area contributed by atoms with Crippen LogP contribution in [0.25, 0.3) is 0 Å². The van der Waals surface area contributed by atoms with E-state index in [-0.39, 0.29) is 5.91 Å². The fraction of sp³-hybridized carbons (Fsp3) is 0.312. The minimum atomic E-state index is -0.117. The zero-order valence-electron chi connectivity index (χ0n) is 12.6. The molecular formula is C16H20N4O. The van der Waals surface area contributed by atoms with Gasteiger partial charge in [-0.2, -0.15) is 0 Å². The summed E-state index contributed by atoms with van der Waals surface area (Å²) in [4.78, 5) is 20.7. The third-order valence-electron chi connectivity index (χ3n) is 3.05. The molecule has 0 aliphatic carbocycles. The molecule has 110 valence electrons. The fourth-order valence-electron chi connectivity index (χ4n) is 1.97. The predicted molar refractivity (Wildman–Crippen MR) is 83.3 cm³/mol. The van der Waals surface area contributed by atoms with Gasteiger partial charge in [-0.3, -0.25) is 14.8 Å². The molecule has 0 atom stereocenters.